The summed E-state index contributed by atoms with van der Waals surface area (Å²) in [6.07, 6.45) is 1.44. The number of hydrogen-bond donors (Lipinski definition) is 2. The van der Waals surface area contributed by atoms with Crippen molar-refractivity contribution in [3.63, 3.8) is 0 Å². The summed E-state index contributed by atoms with van der Waals surface area (Å²) in [4.78, 5) is 8.34. The summed E-state index contributed by atoms with van der Waals surface area (Å²) in [6.45, 7) is 4.11. The van der Waals surface area contributed by atoms with E-state index in [9.17, 15) is 4.39 Å². The van der Waals surface area contributed by atoms with Gasteiger partial charge in [-0.1, -0.05) is 24.3 Å². The van der Waals surface area contributed by atoms with E-state index in [2.05, 4.69) is 40.5 Å². The molecule has 0 saturated heterocycles. The van der Waals surface area contributed by atoms with Crippen LogP contribution in [0.5, 0.6) is 0 Å². The molecule has 0 atom stereocenters. The number of anilines is 4. The normalized spacial score (nSPS) is 10.4. The molecular weight excluding hydrogens is 291 g/mol. The van der Waals surface area contributed by atoms with Gasteiger partial charge in [-0.2, -0.15) is 0 Å². The Balaban J connectivity index is 1.83. The molecule has 3 aromatic rings. The van der Waals surface area contributed by atoms with E-state index < -0.39 is 0 Å². The molecule has 0 radical (unpaired) electrons. The van der Waals surface area contributed by atoms with Gasteiger partial charge in [-0.15, -0.1) is 0 Å². The number of para-hydroxylation sites is 1. The molecule has 5 heteroatoms. The molecule has 116 valence electrons. The second kappa shape index (κ2) is 6.44. The van der Waals surface area contributed by atoms with Gasteiger partial charge >= 0.3 is 0 Å². The highest BCUT2D eigenvalue weighted by Crippen LogP contribution is 2.24. The molecule has 1 aromatic heterocycles. The number of benzene rings is 2. The Morgan fingerprint density at radius 1 is 0.826 bits per heavy atom. The van der Waals surface area contributed by atoms with Gasteiger partial charge in [0.1, 0.15) is 23.8 Å². The second-order valence-electron chi connectivity index (χ2n) is 5.27. The molecule has 4 nitrogen and oxygen atoms in total. The first-order valence-electron chi connectivity index (χ1n) is 7.30. The minimum absolute atomic E-state index is 0.324. The van der Waals surface area contributed by atoms with Gasteiger partial charge in [-0.25, -0.2) is 14.4 Å². The predicted octanol–water partition coefficient (Wildman–Crippen LogP) is 4.72. The van der Waals surface area contributed by atoms with Crippen LogP contribution in [0, 0.1) is 19.7 Å². The summed E-state index contributed by atoms with van der Waals surface area (Å²) >= 11 is 0. The molecule has 2 N–H and O–H groups in total. The van der Waals surface area contributed by atoms with Crippen molar-refractivity contribution in [1.82, 2.24) is 9.97 Å². The molecule has 0 saturated carbocycles. The highest BCUT2D eigenvalue weighted by molar-refractivity contribution is 5.65. The molecule has 0 aliphatic heterocycles. The fraction of sp³-hybridized carbons (Fsp3) is 0.111. The summed E-state index contributed by atoms with van der Waals surface area (Å²) < 4.78 is 13.7. The number of halogens is 1. The quantitative estimate of drug-likeness (QED) is 0.732. The molecule has 0 fully saturated rings. The van der Waals surface area contributed by atoms with Crippen LogP contribution in [-0.4, -0.2) is 9.97 Å². The van der Waals surface area contributed by atoms with Crippen LogP contribution in [0.4, 0.5) is 27.4 Å². The van der Waals surface area contributed by atoms with Crippen molar-refractivity contribution < 1.29 is 4.39 Å². The average molecular weight is 308 g/mol. The molecule has 1 heterocycles. The fourth-order valence-electron chi connectivity index (χ4n) is 2.22. The van der Waals surface area contributed by atoms with E-state index in [1.807, 2.05) is 12.1 Å². The van der Waals surface area contributed by atoms with Crippen LogP contribution in [0.15, 0.2) is 54.9 Å². The SMILES string of the molecule is Cc1cccc(Nc2cc(Nc3ccccc3F)ncn2)c1C. The third-order valence-electron chi connectivity index (χ3n) is 3.67. The third-order valence-corrected chi connectivity index (χ3v) is 3.67. The number of aromatic nitrogens is 2. The summed E-state index contributed by atoms with van der Waals surface area (Å²) in [5.41, 5.74) is 3.73. The smallest absolute Gasteiger partial charge is 0.146 e. The van der Waals surface area contributed by atoms with Gasteiger partial charge in [0.2, 0.25) is 0 Å². The number of aryl methyl sites for hydroxylation is 1. The van der Waals surface area contributed by atoms with Crippen molar-refractivity contribution in [2.75, 3.05) is 10.6 Å². The maximum Gasteiger partial charge on any atom is 0.146 e. The highest BCUT2D eigenvalue weighted by atomic mass is 19.1. The lowest BCUT2D eigenvalue weighted by atomic mass is 10.1. The number of hydrogen-bond acceptors (Lipinski definition) is 4. The zero-order chi connectivity index (χ0) is 16.2. The largest absolute Gasteiger partial charge is 0.340 e. The van der Waals surface area contributed by atoms with Crippen molar-refractivity contribution in [1.29, 1.82) is 0 Å². The van der Waals surface area contributed by atoms with Crippen LogP contribution in [0.1, 0.15) is 11.1 Å². The monoisotopic (exact) mass is 308 g/mol. The summed E-state index contributed by atoms with van der Waals surface area (Å²) in [6, 6.07) is 14.3. The first-order chi connectivity index (χ1) is 11.1. The van der Waals surface area contributed by atoms with E-state index in [-0.39, 0.29) is 5.82 Å². The van der Waals surface area contributed by atoms with Gasteiger partial charge < -0.3 is 10.6 Å². The van der Waals surface area contributed by atoms with Gasteiger partial charge in [-0.05, 0) is 43.2 Å². The number of rotatable bonds is 4. The van der Waals surface area contributed by atoms with Crippen molar-refractivity contribution in [2.24, 2.45) is 0 Å². The van der Waals surface area contributed by atoms with E-state index in [4.69, 9.17) is 0 Å². The molecule has 0 aliphatic rings. The molecule has 2 aromatic carbocycles. The van der Waals surface area contributed by atoms with E-state index in [0.717, 1.165) is 11.3 Å². The lowest BCUT2D eigenvalue weighted by Crippen LogP contribution is -2.01. The number of nitrogens with one attached hydrogen (secondary N) is 2. The molecule has 0 amide bonds. The Bertz CT molecular complexity index is 833. The standard InChI is InChI=1S/C18H17FN4/c1-12-6-5-9-15(13(12)2)22-17-10-18(21-11-20-17)23-16-8-4-3-7-14(16)19/h3-11H,1-2H3,(H2,20,21,22,23). The Morgan fingerprint density at radius 3 is 2.22 bits per heavy atom. The summed E-state index contributed by atoms with van der Waals surface area (Å²) in [7, 11) is 0. The summed E-state index contributed by atoms with van der Waals surface area (Å²) in [5, 5.41) is 6.23. The lowest BCUT2D eigenvalue weighted by molar-refractivity contribution is 0.632. The van der Waals surface area contributed by atoms with Crippen LogP contribution in [0.25, 0.3) is 0 Å². The molecule has 0 spiro atoms. The topological polar surface area (TPSA) is 49.8 Å². The van der Waals surface area contributed by atoms with Crippen LogP contribution in [0.2, 0.25) is 0 Å². The van der Waals surface area contributed by atoms with Crippen molar-refractivity contribution in [2.45, 2.75) is 13.8 Å². The van der Waals surface area contributed by atoms with E-state index in [1.54, 1.807) is 24.3 Å². The van der Waals surface area contributed by atoms with E-state index in [1.165, 1.54) is 18.0 Å². The predicted molar refractivity (Wildman–Crippen MR) is 90.9 cm³/mol. The molecule has 0 bridgehead atoms. The van der Waals surface area contributed by atoms with Gasteiger partial charge in [0, 0.05) is 11.8 Å². The van der Waals surface area contributed by atoms with Crippen LogP contribution >= 0.6 is 0 Å². The fourth-order valence-corrected chi connectivity index (χ4v) is 2.22. The number of nitrogens with zero attached hydrogens (tertiary/aromatic N) is 2. The van der Waals surface area contributed by atoms with Crippen LogP contribution in [-0.2, 0) is 0 Å². The van der Waals surface area contributed by atoms with Crippen LogP contribution < -0.4 is 10.6 Å². The van der Waals surface area contributed by atoms with Gasteiger partial charge in [-0.3, -0.25) is 0 Å². The molecule has 23 heavy (non-hydrogen) atoms. The van der Waals surface area contributed by atoms with Gasteiger partial charge in [0.05, 0.1) is 5.69 Å². The molecule has 0 aliphatic carbocycles. The second-order valence-corrected chi connectivity index (χ2v) is 5.27. The van der Waals surface area contributed by atoms with Crippen LogP contribution in [0.3, 0.4) is 0 Å². The maximum absolute atomic E-state index is 13.7. The minimum atomic E-state index is -0.324. The Kier molecular flexibility index (Phi) is 4.19. The first-order valence-corrected chi connectivity index (χ1v) is 7.30. The van der Waals surface area contributed by atoms with Gasteiger partial charge in [0.15, 0.2) is 0 Å². The maximum atomic E-state index is 13.7. The zero-order valence-electron chi connectivity index (χ0n) is 13.0. The average Bonchev–Trinajstić information content (AvgIpc) is 2.55. The molecular formula is C18H17FN4. The molecule has 3 rings (SSSR count). The van der Waals surface area contributed by atoms with Crippen molar-refractivity contribution in [3.05, 3.63) is 71.8 Å². The first kappa shape index (κ1) is 15.0. The molecule has 0 unspecified atom stereocenters. The Hall–Kier alpha value is -2.95. The Labute approximate surface area is 134 Å². The van der Waals surface area contributed by atoms with E-state index >= 15 is 0 Å². The van der Waals surface area contributed by atoms with Crippen molar-refractivity contribution in [3.8, 4) is 0 Å². The zero-order valence-corrected chi connectivity index (χ0v) is 13.0. The van der Waals surface area contributed by atoms with Gasteiger partial charge in [0.25, 0.3) is 0 Å². The summed E-state index contributed by atoms with van der Waals surface area (Å²) in [5.74, 6) is 0.848. The van der Waals surface area contributed by atoms with E-state index in [0.29, 0.717) is 17.3 Å². The minimum Gasteiger partial charge on any atom is -0.340 e. The lowest BCUT2D eigenvalue weighted by Gasteiger charge is -2.12. The third kappa shape index (κ3) is 3.45. The van der Waals surface area contributed by atoms with Crippen molar-refractivity contribution >= 4 is 23.0 Å². The Morgan fingerprint density at radius 2 is 1.48 bits per heavy atom. The highest BCUT2D eigenvalue weighted by Gasteiger charge is 2.05.